The van der Waals surface area contributed by atoms with E-state index in [1.807, 2.05) is 0 Å². The fourth-order valence-corrected chi connectivity index (χ4v) is 5.25. The van der Waals surface area contributed by atoms with Gasteiger partial charge in [0.05, 0.1) is 11.8 Å². The summed E-state index contributed by atoms with van der Waals surface area (Å²) in [6, 6.07) is 0.552. The Hall–Kier alpha value is -1.07. The highest BCUT2D eigenvalue weighted by molar-refractivity contribution is 7.88. The molecule has 152 valence electrons. The van der Waals surface area contributed by atoms with Crippen LogP contribution in [0.4, 0.5) is 0 Å². The van der Waals surface area contributed by atoms with Crippen LogP contribution in [0.3, 0.4) is 0 Å². The molecule has 3 heterocycles. The lowest BCUT2D eigenvalue weighted by molar-refractivity contribution is 0.0157. The van der Waals surface area contributed by atoms with Crippen molar-refractivity contribution in [3.8, 4) is 0 Å². The van der Waals surface area contributed by atoms with Gasteiger partial charge in [-0.25, -0.2) is 17.7 Å². The zero-order valence-corrected chi connectivity index (χ0v) is 17.5. The summed E-state index contributed by atoms with van der Waals surface area (Å²) in [6.45, 7) is 3.87. The molecule has 0 aromatic carbocycles. The fraction of sp³-hybridized carbons (Fsp3) is 0.765. The Labute approximate surface area is 165 Å². The summed E-state index contributed by atoms with van der Waals surface area (Å²) >= 11 is 1.41. The first-order valence-corrected chi connectivity index (χ1v) is 12.1. The second-order valence-corrected chi connectivity index (χ2v) is 9.95. The Balaban J connectivity index is 1.64. The molecule has 1 unspecified atom stereocenters. The minimum Gasteiger partial charge on any atom is -0.381 e. The first-order valence-electron chi connectivity index (χ1n) is 9.28. The first kappa shape index (κ1) is 20.7. The molecule has 0 aliphatic carbocycles. The zero-order valence-electron chi connectivity index (χ0n) is 15.9. The Morgan fingerprint density at radius 3 is 2.63 bits per heavy atom. The molecular formula is C17H28N4O4S2. The molecule has 8 nitrogen and oxygen atoms in total. The Morgan fingerprint density at radius 2 is 2.04 bits per heavy atom. The van der Waals surface area contributed by atoms with E-state index in [1.54, 1.807) is 27.1 Å². The number of hydrogen-bond donors (Lipinski definition) is 0. The number of sulfonamides is 1. The van der Waals surface area contributed by atoms with Crippen LogP contribution >= 0.6 is 11.3 Å². The fourth-order valence-electron chi connectivity index (χ4n) is 3.84. The maximum atomic E-state index is 12.4. The third-order valence-corrected chi connectivity index (χ3v) is 7.27. The average molecular weight is 417 g/mol. The maximum absolute atomic E-state index is 12.4. The summed E-state index contributed by atoms with van der Waals surface area (Å²) in [7, 11) is -1.37. The first-order chi connectivity index (χ1) is 12.9. The number of carbonyl (C=O) groups excluding carboxylic acids is 1. The molecule has 1 aromatic heterocycles. The van der Waals surface area contributed by atoms with Crippen molar-refractivity contribution in [3.05, 3.63) is 16.6 Å². The van der Waals surface area contributed by atoms with E-state index in [2.05, 4.69) is 9.88 Å². The van der Waals surface area contributed by atoms with E-state index in [0.717, 1.165) is 39.0 Å². The molecular weight excluding hydrogens is 388 g/mol. The van der Waals surface area contributed by atoms with E-state index in [1.165, 1.54) is 17.6 Å². The summed E-state index contributed by atoms with van der Waals surface area (Å²) < 4.78 is 30.8. The minimum absolute atomic E-state index is 0.0765. The van der Waals surface area contributed by atoms with Crippen molar-refractivity contribution in [1.82, 2.24) is 19.1 Å². The minimum atomic E-state index is -3.16. The molecule has 1 aromatic rings. The molecule has 10 heteroatoms. The third kappa shape index (κ3) is 5.26. The molecule has 3 rings (SSSR count). The van der Waals surface area contributed by atoms with Crippen molar-refractivity contribution < 1.29 is 17.9 Å². The van der Waals surface area contributed by atoms with E-state index >= 15 is 0 Å². The van der Waals surface area contributed by atoms with E-state index in [0.29, 0.717) is 31.4 Å². The standard InChI is InChI=1S/C17H28N4O4S2/c1-19(17(22)16-12-26-13-18-16)7-8-21(14-4-9-25-10-5-14)15-3-6-20(11-15)27(2,23)24/h12-15H,3-11H2,1-2H3. The van der Waals surface area contributed by atoms with E-state index in [-0.39, 0.29) is 11.9 Å². The topological polar surface area (TPSA) is 83.0 Å². The normalized spacial score (nSPS) is 22.4. The van der Waals surface area contributed by atoms with Gasteiger partial charge in [0, 0.05) is 63.9 Å². The molecule has 2 fully saturated rings. The number of amides is 1. The molecule has 1 amide bonds. The Kier molecular flexibility index (Phi) is 6.85. The van der Waals surface area contributed by atoms with Gasteiger partial charge in [-0.05, 0) is 19.3 Å². The van der Waals surface area contributed by atoms with Crippen molar-refractivity contribution in [1.29, 1.82) is 0 Å². The maximum Gasteiger partial charge on any atom is 0.273 e. The summed E-state index contributed by atoms with van der Waals surface area (Å²) in [6.07, 6.45) is 3.99. The van der Waals surface area contributed by atoms with Crippen molar-refractivity contribution in [2.24, 2.45) is 0 Å². The summed E-state index contributed by atoms with van der Waals surface area (Å²) in [5.41, 5.74) is 2.14. The number of nitrogens with zero attached hydrogens (tertiary/aromatic N) is 4. The number of carbonyl (C=O) groups is 1. The molecule has 1 atom stereocenters. The number of likely N-dealkylation sites (N-methyl/N-ethyl adjacent to an activating group) is 1. The van der Waals surface area contributed by atoms with Gasteiger partial charge in [0.15, 0.2) is 0 Å². The van der Waals surface area contributed by atoms with Crippen molar-refractivity contribution in [2.75, 3.05) is 52.7 Å². The van der Waals surface area contributed by atoms with Gasteiger partial charge in [-0.3, -0.25) is 9.69 Å². The predicted molar refractivity (Wildman–Crippen MR) is 104 cm³/mol. The molecule has 0 N–H and O–H groups in total. The molecule has 27 heavy (non-hydrogen) atoms. The van der Waals surface area contributed by atoms with E-state index in [4.69, 9.17) is 4.74 Å². The van der Waals surface area contributed by atoms with Gasteiger partial charge in [-0.15, -0.1) is 11.3 Å². The molecule has 0 spiro atoms. The zero-order chi connectivity index (χ0) is 19.4. The van der Waals surface area contributed by atoms with Crippen LogP contribution in [0.5, 0.6) is 0 Å². The van der Waals surface area contributed by atoms with E-state index in [9.17, 15) is 13.2 Å². The Morgan fingerprint density at radius 1 is 1.30 bits per heavy atom. The van der Waals surface area contributed by atoms with Crippen LogP contribution in [0.2, 0.25) is 0 Å². The van der Waals surface area contributed by atoms with Crippen LogP contribution in [-0.4, -0.2) is 98.2 Å². The lowest BCUT2D eigenvalue weighted by atomic mass is 10.0. The molecule has 2 saturated heterocycles. The lowest BCUT2D eigenvalue weighted by Crippen LogP contribution is -2.50. The highest BCUT2D eigenvalue weighted by atomic mass is 32.2. The van der Waals surface area contributed by atoms with E-state index < -0.39 is 10.0 Å². The van der Waals surface area contributed by atoms with Crippen LogP contribution in [-0.2, 0) is 14.8 Å². The van der Waals surface area contributed by atoms with Crippen LogP contribution in [0, 0.1) is 0 Å². The largest absolute Gasteiger partial charge is 0.381 e. The molecule has 0 bridgehead atoms. The van der Waals surface area contributed by atoms with Gasteiger partial charge in [-0.1, -0.05) is 0 Å². The SMILES string of the molecule is CN(CCN(C1CCOCC1)C1CCN(S(C)(=O)=O)C1)C(=O)c1cscn1. The van der Waals surface area contributed by atoms with Crippen molar-refractivity contribution in [3.63, 3.8) is 0 Å². The van der Waals surface area contributed by atoms with Crippen molar-refractivity contribution in [2.45, 2.75) is 31.3 Å². The molecule has 2 aliphatic heterocycles. The van der Waals surface area contributed by atoms with Crippen LogP contribution in [0.15, 0.2) is 10.9 Å². The van der Waals surface area contributed by atoms with Crippen molar-refractivity contribution >= 4 is 27.3 Å². The highest BCUT2D eigenvalue weighted by Crippen LogP contribution is 2.24. The number of thiazole rings is 1. The average Bonchev–Trinajstić information content (AvgIpc) is 3.34. The second-order valence-electron chi connectivity index (χ2n) is 7.25. The van der Waals surface area contributed by atoms with Crippen LogP contribution < -0.4 is 0 Å². The van der Waals surface area contributed by atoms with Gasteiger partial charge in [0.25, 0.3) is 5.91 Å². The Bertz CT molecular complexity index is 719. The van der Waals surface area contributed by atoms with Gasteiger partial charge in [0.1, 0.15) is 5.69 Å². The molecule has 0 saturated carbocycles. The summed E-state index contributed by atoms with van der Waals surface area (Å²) in [4.78, 5) is 20.6. The molecule has 0 radical (unpaired) electrons. The summed E-state index contributed by atoms with van der Waals surface area (Å²) in [5, 5.41) is 1.76. The van der Waals surface area contributed by atoms with Gasteiger partial charge in [-0.2, -0.15) is 0 Å². The molecule has 2 aliphatic rings. The predicted octanol–water partition coefficient (Wildman–Crippen LogP) is 0.730. The lowest BCUT2D eigenvalue weighted by Gasteiger charge is -2.39. The highest BCUT2D eigenvalue weighted by Gasteiger charge is 2.36. The monoisotopic (exact) mass is 416 g/mol. The van der Waals surface area contributed by atoms with Gasteiger partial charge < -0.3 is 9.64 Å². The number of ether oxygens (including phenoxy) is 1. The smallest absolute Gasteiger partial charge is 0.273 e. The number of aromatic nitrogens is 1. The van der Waals surface area contributed by atoms with Gasteiger partial charge >= 0.3 is 0 Å². The summed E-state index contributed by atoms with van der Waals surface area (Å²) in [5.74, 6) is -0.0765. The second kappa shape index (κ2) is 8.95. The van der Waals surface area contributed by atoms with Crippen LogP contribution in [0.25, 0.3) is 0 Å². The number of rotatable bonds is 7. The quantitative estimate of drug-likeness (QED) is 0.652. The van der Waals surface area contributed by atoms with Gasteiger partial charge in [0.2, 0.25) is 10.0 Å². The number of hydrogen-bond acceptors (Lipinski definition) is 7. The third-order valence-electron chi connectivity index (χ3n) is 5.42. The van der Waals surface area contributed by atoms with Crippen LogP contribution in [0.1, 0.15) is 29.8 Å².